The van der Waals surface area contributed by atoms with E-state index in [0.29, 0.717) is 11.4 Å². The number of para-hydroxylation sites is 3. The molecule has 0 aliphatic heterocycles. The minimum atomic E-state index is -0.373. The van der Waals surface area contributed by atoms with E-state index in [1.165, 1.54) is 4.90 Å². The molecular formula is C19H22N2O3. The van der Waals surface area contributed by atoms with Crippen molar-refractivity contribution in [2.45, 2.75) is 26.4 Å². The zero-order chi connectivity index (χ0) is 17.5. The molecule has 0 atom stereocenters. The van der Waals surface area contributed by atoms with Crippen LogP contribution >= 0.6 is 0 Å². The predicted octanol–water partition coefficient (Wildman–Crippen LogP) is 3.47. The minimum Gasteiger partial charge on any atom is -0.489 e. The summed E-state index contributed by atoms with van der Waals surface area (Å²) in [4.78, 5) is 25.9. The van der Waals surface area contributed by atoms with Gasteiger partial charge in [0.25, 0.3) is 0 Å². The number of anilines is 2. The molecule has 2 aromatic carbocycles. The maximum absolute atomic E-state index is 12.2. The molecule has 0 saturated heterocycles. The SMILES string of the molecule is CC(C)Oc1ccccc1NC(=O)CC(=O)N(C)c1ccccc1. The molecule has 2 amide bonds. The first-order chi connectivity index (χ1) is 11.5. The van der Waals surface area contributed by atoms with Gasteiger partial charge in [-0.3, -0.25) is 9.59 Å². The standard InChI is InChI=1S/C19H22N2O3/c1-14(2)24-17-12-8-7-11-16(17)20-18(22)13-19(23)21(3)15-9-5-4-6-10-15/h4-12,14H,13H2,1-3H3,(H,20,22). The second kappa shape index (κ2) is 8.15. The summed E-state index contributed by atoms with van der Waals surface area (Å²) in [6.07, 6.45) is -0.240. The summed E-state index contributed by atoms with van der Waals surface area (Å²) in [5, 5.41) is 2.74. The molecule has 0 saturated carbocycles. The highest BCUT2D eigenvalue weighted by atomic mass is 16.5. The Morgan fingerprint density at radius 2 is 1.67 bits per heavy atom. The van der Waals surface area contributed by atoms with E-state index in [2.05, 4.69) is 5.32 Å². The van der Waals surface area contributed by atoms with E-state index >= 15 is 0 Å². The van der Waals surface area contributed by atoms with Crippen molar-refractivity contribution in [3.63, 3.8) is 0 Å². The normalized spacial score (nSPS) is 10.3. The molecule has 1 N–H and O–H groups in total. The van der Waals surface area contributed by atoms with Crippen LogP contribution in [0.3, 0.4) is 0 Å². The predicted molar refractivity (Wildman–Crippen MR) is 95.3 cm³/mol. The highest BCUT2D eigenvalue weighted by molar-refractivity contribution is 6.09. The summed E-state index contributed by atoms with van der Waals surface area (Å²) in [7, 11) is 1.65. The maximum Gasteiger partial charge on any atom is 0.236 e. The molecule has 2 rings (SSSR count). The second-order valence-corrected chi connectivity index (χ2v) is 5.68. The Balaban J connectivity index is 2.00. The number of carbonyl (C=O) groups is 2. The topological polar surface area (TPSA) is 58.6 Å². The van der Waals surface area contributed by atoms with Crippen molar-refractivity contribution in [2.75, 3.05) is 17.3 Å². The van der Waals surface area contributed by atoms with Gasteiger partial charge in [0.05, 0.1) is 11.8 Å². The fourth-order valence-corrected chi connectivity index (χ4v) is 2.17. The first-order valence-corrected chi connectivity index (χ1v) is 7.84. The van der Waals surface area contributed by atoms with E-state index in [9.17, 15) is 9.59 Å². The summed E-state index contributed by atoms with van der Waals surface area (Å²) < 4.78 is 5.66. The maximum atomic E-state index is 12.2. The van der Waals surface area contributed by atoms with Gasteiger partial charge in [0, 0.05) is 12.7 Å². The lowest BCUT2D eigenvalue weighted by atomic mass is 10.2. The monoisotopic (exact) mass is 326 g/mol. The van der Waals surface area contributed by atoms with Gasteiger partial charge in [-0.1, -0.05) is 30.3 Å². The van der Waals surface area contributed by atoms with E-state index < -0.39 is 0 Å². The summed E-state index contributed by atoms with van der Waals surface area (Å²) in [6, 6.07) is 16.4. The number of rotatable bonds is 6. The van der Waals surface area contributed by atoms with Crippen molar-refractivity contribution in [3.05, 3.63) is 54.6 Å². The molecule has 0 unspecified atom stereocenters. The number of ether oxygens (including phenoxy) is 1. The summed E-state index contributed by atoms with van der Waals surface area (Å²) in [6.45, 7) is 3.83. The lowest BCUT2D eigenvalue weighted by Gasteiger charge is -2.18. The van der Waals surface area contributed by atoms with Gasteiger partial charge in [0.1, 0.15) is 12.2 Å². The molecule has 5 nitrogen and oxygen atoms in total. The minimum absolute atomic E-state index is 0.00565. The van der Waals surface area contributed by atoms with Crippen LogP contribution in [0.4, 0.5) is 11.4 Å². The van der Waals surface area contributed by atoms with Gasteiger partial charge in [-0.2, -0.15) is 0 Å². The van der Waals surface area contributed by atoms with Crippen LogP contribution in [-0.2, 0) is 9.59 Å². The average Bonchev–Trinajstić information content (AvgIpc) is 2.56. The number of benzene rings is 2. The van der Waals surface area contributed by atoms with E-state index in [1.807, 2.05) is 50.2 Å². The smallest absolute Gasteiger partial charge is 0.236 e. The van der Waals surface area contributed by atoms with Gasteiger partial charge in [0.15, 0.2) is 0 Å². The number of nitrogens with zero attached hydrogens (tertiary/aromatic N) is 1. The molecule has 126 valence electrons. The number of hydrogen-bond donors (Lipinski definition) is 1. The van der Waals surface area contributed by atoms with Crippen LogP contribution in [-0.4, -0.2) is 25.0 Å². The summed E-state index contributed by atoms with van der Waals surface area (Å²) >= 11 is 0. The van der Waals surface area contributed by atoms with Gasteiger partial charge in [0.2, 0.25) is 11.8 Å². The zero-order valence-corrected chi connectivity index (χ0v) is 14.2. The Hall–Kier alpha value is -2.82. The Bertz CT molecular complexity index is 699. The Morgan fingerprint density at radius 3 is 2.33 bits per heavy atom. The molecule has 0 radical (unpaired) electrons. The fourth-order valence-electron chi connectivity index (χ4n) is 2.17. The van der Waals surface area contributed by atoms with E-state index in [-0.39, 0.29) is 24.3 Å². The van der Waals surface area contributed by atoms with Crippen LogP contribution in [0.25, 0.3) is 0 Å². The van der Waals surface area contributed by atoms with E-state index in [0.717, 1.165) is 5.69 Å². The van der Waals surface area contributed by atoms with Crippen LogP contribution in [0.15, 0.2) is 54.6 Å². The van der Waals surface area contributed by atoms with E-state index in [4.69, 9.17) is 4.74 Å². The van der Waals surface area contributed by atoms with Crippen LogP contribution in [0, 0.1) is 0 Å². The Morgan fingerprint density at radius 1 is 1.04 bits per heavy atom. The van der Waals surface area contributed by atoms with Gasteiger partial charge in [-0.15, -0.1) is 0 Å². The van der Waals surface area contributed by atoms with Gasteiger partial charge >= 0.3 is 0 Å². The molecule has 0 aliphatic rings. The van der Waals surface area contributed by atoms with Crippen LogP contribution in [0.1, 0.15) is 20.3 Å². The number of carbonyl (C=O) groups excluding carboxylic acids is 2. The molecule has 0 heterocycles. The molecule has 0 aliphatic carbocycles. The third-order valence-corrected chi connectivity index (χ3v) is 3.35. The second-order valence-electron chi connectivity index (χ2n) is 5.68. The molecule has 5 heteroatoms. The third-order valence-electron chi connectivity index (χ3n) is 3.35. The highest BCUT2D eigenvalue weighted by Gasteiger charge is 2.16. The fraction of sp³-hybridized carbons (Fsp3) is 0.263. The summed E-state index contributed by atoms with van der Waals surface area (Å²) in [5.41, 5.74) is 1.31. The molecule has 0 aromatic heterocycles. The van der Waals surface area contributed by atoms with Crippen molar-refractivity contribution < 1.29 is 14.3 Å². The first kappa shape index (κ1) is 17.5. The average molecular weight is 326 g/mol. The molecule has 0 spiro atoms. The zero-order valence-electron chi connectivity index (χ0n) is 14.2. The van der Waals surface area contributed by atoms with Gasteiger partial charge in [-0.25, -0.2) is 0 Å². The van der Waals surface area contributed by atoms with E-state index in [1.54, 1.807) is 25.2 Å². The molecule has 24 heavy (non-hydrogen) atoms. The quantitative estimate of drug-likeness (QED) is 0.827. The number of hydrogen-bond acceptors (Lipinski definition) is 3. The van der Waals surface area contributed by atoms with Crippen molar-refractivity contribution in [2.24, 2.45) is 0 Å². The Labute approximate surface area is 142 Å². The van der Waals surface area contributed by atoms with Gasteiger partial charge < -0.3 is 15.0 Å². The van der Waals surface area contributed by atoms with Crippen molar-refractivity contribution in [3.8, 4) is 5.75 Å². The molecular weight excluding hydrogens is 304 g/mol. The molecule has 0 bridgehead atoms. The third kappa shape index (κ3) is 4.84. The molecule has 2 aromatic rings. The lowest BCUT2D eigenvalue weighted by Crippen LogP contribution is -2.30. The van der Waals surface area contributed by atoms with Crippen molar-refractivity contribution >= 4 is 23.2 Å². The highest BCUT2D eigenvalue weighted by Crippen LogP contribution is 2.25. The van der Waals surface area contributed by atoms with Crippen molar-refractivity contribution in [1.29, 1.82) is 0 Å². The Kier molecular flexibility index (Phi) is 5.95. The number of amides is 2. The summed E-state index contributed by atoms with van der Waals surface area (Å²) in [5.74, 6) is -0.0618. The lowest BCUT2D eigenvalue weighted by molar-refractivity contribution is -0.125. The van der Waals surface area contributed by atoms with Crippen molar-refractivity contribution in [1.82, 2.24) is 0 Å². The van der Waals surface area contributed by atoms with Crippen LogP contribution in [0.2, 0.25) is 0 Å². The largest absolute Gasteiger partial charge is 0.489 e. The number of nitrogens with one attached hydrogen (secondary N) is 1. The van der Waals surface area contributed by atoms with Crippen LogP contribution in [0.5, 0.6) is 5.75 Å². The molecule has 0 fully saturated rings. The van der Waals surface area contributed by atoms with Gasteiger partial charge in [-0.05, 0) is 38.1 Å². The van der Waals surface area contributed by atoms with Crippen LogP contribution < -0.4 is 15.0 Å². The first-order valence-electron chi connectivity index (χ1n) is 7.84.